The largest absolute Gasteiger partial charge is 0.410 e. The summed E-state index contributed by atoms with van der Waals surface area (Å²) in [5.74, 6) is 1.51. The molecule has 0 radical (unpaired) electrons. The summed E-state index contributed by atoms with van der Waals surface area (Å²) in [7, 11) is 0. The van der Waals surface area contributed by atoms with E-state index in [0.29, 0.717) is 11.1 Å². The van der Waals surface area contributed by atoms with E-state index in [1.807, 2.05) is 11.8 Å². The lowest BCUT2D eigenvalue weighted by Crippen LogP contribution is -2.37. The smallest absolute Gasteiger partial charge is 0.277 e. The molecule has 1 fully saturated rings. The van der Waals surface area contributed by atoms with Gasteiger partial charge in [-0.1, -0.05) is 31.5 Å². The van der Waals surface area contributed by atoms with Crippen molar-refractivity contribution in [3.63, 3.8) is 0 Å². The first kappa shape index (κ1) is 19.0. The van der Waals surface area contributed by atoms with Crippen LogP contribution >= 0.6 is 23.1 Å². The Morgan fingerprint density at radius 3 is 2.85 bits per heavy atom. The van der Waals surface area contributed by atoms with Gasteiger partial charge >= 0.3 is 0 Å². The van der Waals surface area contributed by atoms with Gasteiger partial charge in [-0.2, -0.15) is 0 Å². The second-order valence-corrected chi connectivity index (χ2v) is 10.2. The van der Waals surface area contributed by atoms with Crippen LogP contribution in [0.3, 0.4) is 0 Å². The Morgan fingerprint density at radius 1 is 1.30 bits per heavy atom. The van der Waals surface area contributed by atoms with Crippen molar-refractivity contribution in [2.24, 2.45) is 5.92 Å². The molecule has 0 spiro atoms. The normalized spacial score (nSPS) is 21.6. The minimum absolute atomic E-state index is 0.183. The maximum atomic E-state index is 12.7. The van der Waals surface area contributed by atoms with Gasteiger partial charge in [0.2, 0.25) is 5.91 Å². The number of likely N-dealkylation sites (tertiary alicyclic amines) is 1. The van der Waals surface area contributed by atoms with Crippen molar-refractivity contribution in [2.45, 2.75) is 69.3 Å². The van der Waals surface area contributed by atoms with Crippen molar-refractivity contribution in [3.05, 3.63) is 16.5 Å². The molecule has 3 heterocycles. The first-order valence-electron chi connectivity index (χ1n) is 10.0. The molecule has 4 rings (SSSR count). The van der Waals surface area contributed by atoms with E-state index in [9.17, 15) is 4.79 Å². The second-order valence-electron chi connectivity index (χ2n) is 7.78. The molecule has 7 heteroatoms. The number of aryl methyl sites for hydroxylation is 1. The SMILES string of the molecule is C[C@H]1CCc2sc(-c3nnc(S[C@@H](C)C(=O)N4CCCCCC4)o3)cc2C1. The first-order chi connectivity index (χ1) is 13.1. The van der Waals surface area contributed by atoms with Crippen LogP contribution in [0, 0.1) is 5.92 Å². The van der Waals surface area contributed by atoms with Crippen LogP contribution in [0.2, 0.25) is 0 Å². The monoisotopic (exact) mass is 405 g/mol. The summed E-state index contributed by atoms with van der Waals surface area (Å²) in [6, 6.07) is 2.21. The Balaban J connectivity index is 1.41. The summed E-state index contributed by atoms with van der Waals surface area (Å²) >= 11 is 3.15. The number of fused-ring (bicyclic) bond motifs is 1. The van der Waals surface area contributed by atoms with Crippen molar-refractivity contribution >= 4 is 29.0 Å². The highest BCUT2D eigenvalue weighted by Crippen LogP contribution is 2.37. The Morgan fingerprint density at radius 2 is 2.07 bits per heavy atom. The van der Waals surface area contributed by atoms with Crippen molar-refractivity contribution in [3.8, 4) is 10.8 Å². The van der Waals surface area contributed by atoms with Gasteiger partial charge in [-0.25, -0.2) is 0 Å². The Bertz CT molecular complexity index is 793. The van der Waals surface area contributed by atoms with E-state index in [1.54, 1.807) is 11.3 Å². The van der Waals surface area contributed by atoms with Crippen LogP contribution in [0.5, 0.6) is 0 Å². The maximum Gasteiger partial charge on any atom is 0.277 e. The quantitative estimate of drug-likeness (QED) is 0.684. The molecule has 0 unspecified atom stereocenters. The lowest BCUT2D eigenvalue weighted by atomic mass is 9.90. The van der Waals surface area contributed by atoms with Crippen molar-refractivity contribution < 1.29 is 9.21 Å². The molecule has 0 saturated carbocycles. The molecule has 0 bridgehead atoms. The van der Waals surface area contributed by atoms with E-state index in [1.165, 1.54) is 41.5 Å². The third-order valence-electron chi connectivity index (χ3n) is 5.49. The van der Waals surface area contributed by atoms with Crippen LogP contribution in [-0.4, -0.2) is 39.3 Å². The Kier molecular flexibility index (Phi) is 5.88. The number of thioether (sulfide) groups is 1. The molecule has 27 heavy (non-hydrogen) atoms. The number of amides is 1. The van der Waals surface area contributed by atoms with Crippen molar-refractivity contribution in [2.75, 3.05) is 13.1 Å². The first-order valence-corrected chi connectivity index (χ1v) is 11.7. The number of hydrogen-bond donors (Lipinski definition) is 0. The van der Waals surface area contributed by atoms with E-state index in [0.717, 1.165) is 49.6 Å². The zero-order valence-electron chi connectivity index (χ0n) is 16.1. The van der Waals surface area contributed by atoms with Gasteiger partial charge in [-0.15, -0.1) is 21.5 Å². The van der Waals surface area contributed by atoms with Crippen LogP contribution < -0.4 is 0 Å². The fraction of sp³-hybridized carbons (Fsp3) is 0.650. The van der Waals surface area contributed by atoms with Crippen LogP contribution in [0.4, 0.5) is 0 Å². The molecule has 1 aliphatic heterocycles. The average Bonchev–Trinajstić information content (AvgIpc) is 3.19. The van der Waals surface area contributed by atoms with Gasteiger partial charge in [-0.3, -0.25) is 4.79 Å². The Labute approximate surface area is 168 Å². The molecule has 0 N–H and O–H groups in total. The molecule has 2 aromatic heterocycles. The van der Waals surface area contributed by atoms with Gasteiger partial charge in [0.1, 0.15) is 0 Å². The predicted molar refractivity (Wildman–Crippen MR) is 109 cm³/mol. The van der Waals surface area contributed by atoms with E-state index in [-0.39, 0.29) is 11.2 Å². The molecule has 5 nitrogen and oxygen atoms in total. The topological polar surface area (TPSA) is 59.2 Å². The van der Waals surface area contributed by atoms with Gasteiger partial charge in [0, 0.05) is 18.0 Å². The maximum absolute atomic E-state index is 12.7. The molecule has 0 aromatic carbocycles. The molecular formula is C20H27N3O2S2. The molecule has 1 aliphatic carbocycles. The zero-order chi connectivity index (χ0) is 18.8. The number of aromatic nitrogens is 2. The molecule has 2 aliphatic rings. The Hall–Kier alpha value is -1.34. The van der Waals surface area contributed by atoms with E-state index >= 15 is 0 Å². The molecule has 1 amide bonds. The number of carbonyl (C=O) groups excluding carboxylic acids is 1. The summed E-state index contributed by atoms with van der Waals surface area (Å²) < 4.78 is 5.89. The van der Waals surface area contributed by atoms with E-state index < -0.39 is 0 Å². The number of nitrogens with zero attached hydrogens (tertiary/aromatic N) is 3. The van der Waals surface area contributed by atoms with Gasteiger partial charge in [0.25, 0.3) is 11.1 Å². The fourth-order valence-corrected chi connectivity index (χ4v) is 5.82. The lowest BCUT2D eigenvalue weighted by Gasteiger charge is -2.23. The van der Waals surface area contributed by atoms with E-state index in [2.05, 4.69) is 23.2 Å². The van der Waals surface area contributed by atoms with Crippen LogP contribution in [0.15, 0.2) is 15.7 Å². The predicted octanol–water partition coefficient (Wildman–Crippen LogP) is 4.81. The lowest BCUT2D eigenvalue weighted by molar-refractivity contribution is -0.130. The third kappa shape index (κ3) is 4.40. The highest BCUT2D eigenvalue weighted by molar-refractivity contribution is 8.00. The summed E-state index contributed by atoms with van der Waals surface area (Å²) in [6.07, 6.45) is 8.21. The summed E-state index contributed by atoms with van der Waals surface area (Å²) in [5, 5.41) is 8.71. The molecular weight excluding hydrogens is 378 g/mol. The van der Waals surface area contributed by atoms with Gasteiger partial charge in [-0.05, 0) is 56.6 Å². The summed E-state index contributed by atoms with van der Waals surface area (Å²) in [4.78, 5) is 17.2. The highest BCUT2D eigenvalue weighted by Gasteiger charge is 2.25. The third-order valence-corrected chi connectivity index (χ3v) is 7.64. The second kappa shape index (κ2) is 8.35. The number of rotatable bonds is 4. The highest BCUT2D eigenvalue weighted by atomic mass is 32.2. The summed E-state index contributed by atoms with van der Waals surface area (Å²) in [5.41, 5.74) is 1.44. The van der Waals surface area contributed by atoms with Gasteiger partial charge in [0.05, 0.1) is 10.1 Å². The molecule has 1 saturated heterocycles. The number of carbonyl (C=O) groups is 1. The zero-order valence-corrected chi connectivity index (χ0v) is 17.7. The summed E-state index contributed by atoms with van der Waals surface area (Å²) in [6.45, 7) is 5.99. The minimum Gasteiger partial charge on any atom is -0.410 e. The van der Waals surface area contributed by atoms with Crippen molar-refractivity contribution in [1.29, 1.82) is 0 Å². The standard InChI is InChI=1S/C20H27N3O2S2/c1-13-7-8-16-15(11-13)12-17(27-16)18-21-22-20(25-18)26-14(2)19(24)23-9-5-3-4-6-10-23/h12-14H,3-11H2,1-2H3/t13-,14-/m0/s1. The van der Waals surface area contributed by atoms with Crippen LogP contribution in [-0.2, 0) is 17.6 Å². The average molecular weight is 406 g/mol. The van der Waals surface area contributed by atoms with Crippen LogP contribution in [0.25, 0.3) is 10.8 Å². The van der Waals surface area contributed by atoms with Gasteiger partial charge < -0.3 is 9.32 Å². The van der Waals surface area contributed by atoms with Gasteiger partial charge in [0.15, 0.2) is 0 Å². The van der Waals surface area contributed by atoms with E-state index in [4.69, 9.17) is 4.42 Å². The molecule has 146 valence electrons. The molecule has 2 atom stereocenters. The van der Waals surface area contributed by atoms with Crippen molar-refractivity contribution in [1.82, 2.24) is 15.1 Å². The van der Waals surface area contributed by atoms with Crippen LogP contribution in [0.1, 0.15) is 56.4 Å². The number of hydrogen-bond acceptors (Lipinski definition) is 6. The fourth-order valence-electron chi connectivity index (χ4n) is 3.92. The molecule has 2 aromatic rings. The minimum atomic E-state index is -0.200. The number of thiophene rings is 1.